The smallest absolute Gasteiger partial charge is 0.200 e. The van der Waals surface area contributed by atoms with E-state index >= 15 is 0 Å². The molecule has 6 heteroatoms. The zero-order valence-electron chi connectivity index (χ0n) is 16.5. The van der Waals surface area contributed by atoms with Crippen molar-refractivity contribution in [2.45, 2.75) is 21.6 Å². The Morgan fingerprint density at radius 3 is 0.968 bits per heavy atom. The van der Waals surface area contributed by atoms with Gasteiger partial charge in [-0.05, 0) is 43.3 Å². The predicted octanol–water partition coefficient (Wildman–Crippen LogP) is 7.47. The van der Waals surface area contributed by atoms with Gasteiger partial charge in [-0.3, -0.25) is 0 Å². The summed E-state index contributed by atoms with van der Waals surface area (Å²) in [7, 11) is -0.0146. The van der Waals surface area contributed by atoms with Crippen LogP contribution in [0.5, 0.6) is 0 Å². The van der Waals surface area contributed by atoms with Crippen molar-refractivity contribution in [3.05, 3.63) is 126 Å². The van der Waals surface area contributed by atoms with Gasteiger partial charge in [-0.15, -0.1) is 0 Å². The molecule has 0 fully saturated rings. The molecular weight excluding hydrogens is 427 g/mol. The highest BCUT2D eigenvalue weighted by atomic mass is 32.2. The van der Waals surface area contributed by atoms with Crippen LogP contribution in [0.3, 0.4) is 0 Å². The van der Waals surface area contributed by atoms with Gasteiger partial charge in [0.1, 0.15) is 0 Å². The first-order chi connectivity index (χ1) is 14.9. The van der Waals surface area contributed by atoms with Crippen LogP contribution in [0.25, 0.3) is 0 Å². The lowest BCUT2D eigenvalue weighted by molar-refractivity contribution is 0.373. The summed E-state index contributed by atoms with van der Waals surface area (Å²) < 4.78 is 61.6. The van der Waals surface area contributed by atoms with Gasteiger partial charge in [0.15, 0.2) is 38.0 Å². The van der Waals surface area contributed by atoms with Crippen LogP contribution in [-0.2, 0) is 10.9 Å². The second kappa shape index (κ2) is 10.3. The molecule has 0 saturated heterocycles. The minimum Gasteiger partial charge on any atom is -0.203 e. The summed E-state index contributed by atoms with van der Waals surface area (Å²) in [6.07, 6.45) is 0. The van der Waals surface area contributed by atoms with Crippen LogP contribution < -0.4 is 0 Å². The second-order valence-corrected chi connectivity index (χ2v) is 8.47. The van der Waals surface area contributed by atoms with Crippen molar-refractivity contribution < 1.29 is 22.0 Å². The van der Waals surface area contributed by atoms with Gasteiger partial charge < -0.3 is 0 Å². The summed E-state index contributed by atoms with van der Waals surface area (Å²) in [6, 6.07) is 32.2. The third-order valence-corrected chi connectivity index (χ3v) is 6.60. The molecule has 0 unspecified atom stereocenters. The van der Waals surface area contributed by atoms with Gasteiger partial charge >= 0.3 is 0 Å². The van der Waals surface area contributed by atoms with E-state index in [9.17, 15) is 22.0 Å². The number of hydrogen-bond acceptors (Lipinski definition) is 0. The molecular formula is C25H18F5S+. The van der Waals surface area contributed by atoms with E-state index in [-0.39, 0.29) is 10.9 Å². The maximum atomic E-state index is 12.4. The van der Waals surface area contributed by atoms with Gasteiger partial charge in [0.05, 0.1) is 10.9 Å². The van der Waals surface area contributed by atoms with E-state index in [1.807, 2.05) is 0 Å². The maximum absolute atomic E-state index is 12.4. The SMILES string of the molecule is Cc1c(F)c(F)c(F)c(F)c1F.c1ccc([S+](c2ccccc2)c2ccccc2)cc1. The third-order valence-electron chi connectivity index (χ3n) is 4.37. The number of hydrogen-bond donors (Lipinski definition) is 0. The molecule has 0 amide bonds. The van der Waals surface area contributed by atoms with Gasteiger partial charge in [-0.25, -0.2) is 22.0 Å². The molecule has 4 aromatic rings. The molecule has 0 spiro atoms. The second-order valence-electron chi connectivity index (χ2n) is 6.44. The molecule has 31 heavy (non-hydrogen) atoms. The first-order valence-electron chi connectivity index (χ1n) is 9.29. The first-order valence-corrected chi connectivity index (χ1v) is 10.5. The third kappa shape index (κ3) is 5.14. The number of rotatable bonds is 3. The Morgan fingerprint density at radius 1 is 0.419 bits per heavy atom. The monoisotopic (exact) mass is 445 g/mol. The molecule has 4 aromatic carbocycles. The molecule has 0 radical (unpaired) electrons. The van der Waals surface area contributed by atoms with Gasteiger partial charge in [0.2, 0.25) is 5.82 Å². The van der Waals surface area contributed by atoms with Crippen molar-refractivity contribution in [3.8, 4) is 0 Å². The van der Waals surface area contributed by atoms with Crippen LogP contribution in [0.1, 0.15) is 5.56 Å². The van der Waals surface area contributed by atoms with Gasteiger partial charge in [-0.1, -0.05) is 54.6 Å². The van der Waals surface area contributed by atoms with Gasteiger partial charge in [0.25, 0.3) is 0 Å². The summed E-state index contributed by atoms with van der Waals surface area (Å²) in [4.78, 5) is 4.08. The van der Waals surface area contributed by atoms with E-state index in [1.165, 1.54) is 14.7 Å². The topological polar surface area (TPSA) is 0 Å². The molecule has 0 aliphatic carbocycles. The molecule has 0 aliphatic rings. The van der Waals surface area contributed by atoms with E-state index in [0.717, 1.165) is 6.92 Å². The summed E-state index contributed by atoms with van der Waals surface area (Å²) in [5.41, 5.74) is -0.869. The van der Waals surface area contributed by atoms with E-state index in [0.29, 0.717) is 0 Å². The first kappa shape index (κ1) is 22.6. The van der Waals surface area contributed by atoms with Crippen LogP contribution in [-0.4, -0.2) is 0 Å². The van der Waals surface area contributed by atoms with Crippen molar-refractivity contribution in [1.82, 2.24) is 0 Å². The van der Waals surface area contributed by atoms with Gasteiger partial charge in [-0.2, -0.15) is 0 Å². The zero-order chi connectivity index (χ0) is 22.4. The average molecular weight is 445 g/mol. The normalized spacial score (nSPS) is 10.5. The van der Waals surface area contributed by atoms with Crippen molar-refractivity contribution in [3.63, 3.8) is 0 Å². The minimum absolute atomic E-state index is 0.0146. The molecule has 0 bridgehead atoms. The van der Waals surface area contributed by atoms with E-state index in [1.54, 1.807) is 0 Å². The van der Waals surface area contributed by atoms with Crippen LogP contribution in [0.2, 0.25) is 0 Å². The number of halogens is 5. The average Bonchev–Trinajstić information content (AvgIpc) is 2.83. The summed E-state index contributed by atoms with van der Waals surface area (Å²) in [6.45, 7) is 0.816. The predicted molar refractivity (Wildman–Crippen MR) is 112 cm³/mol. The quantitative estimate of drug-likeness (QED) is 0.133. The van der Waals surface area contributed by atoms with Crippen molar-refractivity contribution >= 4 is 10.9 Å². The summed E-state index contributed by atoms with van der Waals surface area (Å²) in [5.74, 6) is -9.52. The lowest BCUT2D eigenvalue weighted by Gasteiger charge is -2.07. The van der Waals surface area contributed by atoms with E-state index in [4.69, 9.17) is 0 Å². The molecule has 0 aliphatic heterocycles. The van der Waals surface area contributed by atoms with Crippen molar-refractivity contribution in [1.29, 1.82) is 0 Å². The highest BCUT2D eigenvalue weighted by Crippen LogP contribution is 2.30. The van der Waals surface area contributed by atoms with E-state index < -0.39 is 34.6 Å². The van der Waals surface area contributed by atoms with E-state index in [2.05, 4.69) is 91.0 Å². The Hall–Kier alpha value is -3.12. The lowest BCUT2D eigenvalue weighted by Crippen LogP contribution is -2.04. The zero-order valence-corrected chi connectivity index (χ0v) is 17.3. The molecule has 0 aromatic heterocycles. The Balaban J connectivity index is 0.000000196. The van der Waals surface area contributed by atoms with Gasteiger partial charge in [0, 0.05) is 5.56 Å². The standard InChI is InChI=1S/C18H15S.C7H3F5/c1-4-10-16(11-5-1)19(17-12-6-2-7-13-17)18-14-8-3-9-15-18;1-2-3(8)5(10)7(12)6(11)4(2)9/h1-15H;1H3/q+1;. The minimum atomic E-state index is -2.13. The fourth-order valence-corrected chi connectivity index (χ4v) is 4.90. The molecule has 0 atom stereocenters. The number of benzene rings is 4. The molecule has 0 nitrogen and oxygen atoms in total. The Bertz CT molecular complexity index is 934. The summed E-state index contributed by atoms with van der Waals surface area (Å²) >= 11 is 0. The van der Waals surface area contributed by atoms with Crippen molar-refractivity contribution in [2.24, 2.45) is 0 Å². The molecule has 4 rings (SSSR count). The fraction of sp³-hybridized carbons (Fsp3) is 0.0400. The molecule has 0 N–H and O–H groups in total. The van der Waals surface area contributed by atoms with Crippen LogP contribution in [0.15, 0.2) is 106 Å². The highest BCUT2D eigenvalue weighted by Gasteiger charge is 2.27. The van der Waals surface area contributed by atoms with Crippen LogP contribution in [0.4, 0.5) is 22.0 Å². The lowest BCUT2D eigenvalue weighted by atomic mass is 10.2. The summed E-state index contributed by atoms with van der Waals surface area (Å²) in [5, 5.41) is 0. The Morgan fingerprint density at radius 2 is 0.677 bits per heavy atom. The maximum Gasteiger partial charge on any atom is 0.200 e. The Kier molecular flexibility index (Phi) is 7.47. The van der Waals surface area contributed by atoms with Crippen LogP contribution in [0, 0.1) is 36.0 Å². The molecule has 158 valence electrons. The molecule has 0 heterocycles. The highest BCUT2D eigenvalue weighted by molar-refractivity contribution is 7.97. The molecule has 0 saturated carbocycles. The Labute approximate surface area is 180 Å². The van der Waals surface area contributed by atoms with Crippen LogP contribution >= 0.6 is 0 Å². The van der Waals surface area contributed by atoms with Crippen molar-refractivity contribution in [2.75, 3.05) is 0 Å². The fourth-order valence-electron chi connectivity index (χ4n) is 2.79. The largest absolute Gasteiger partial charge is 0.203 e.